The molecular weight excluding hydrogens is 569 g/mol. The van der Waals surface area contributed by atoms with Crippen LogP contribution in [0.1, 0.15) is 43.4 Å². The molecule has 0 unspecified atom stereocenters. The van der Waals surface area contributed by atoms with Crippen LogP contribution in [0.15, 0.2) is 71.6 Å². The Morgan fingerprint density at radius 1 is 0.950 bits per heavy atom. The summed E-state index contributed by atoms with van der Waals surface area (Å²) in [5.74, 6) is -0.850. The van der Waals surface area contributed by atoms with Crippen molar-refractivity contribution in [2.45, 2.75) is 58.0 Å². The first-order chi connectivity index (χ1) is 19.0. The Hall–Kier alpha value is -3.07. The highest BCUT2D eigenvalue weighted by Gasteiger charge is 2.34. The highest BCUT2D eigenvalue weighted by atomic mass is 35.5. The van der Waals surface area contributed by atoms with Gasteiger partial charge in [0.05, 0.1) is 10.6 Å². The summed E-state index contributed by atoms with van der Waals surface area (Å²) >= 11 is 12.5. The number of halogens is 2. The largest absolute Gasteiger partial charge is 0.354 e. The molecule has 0 saturated heterocycles. The Morgan fingerprint density at radius 3 is 2.27 bits per heavy atom. The molecule has 0 aliphatic heterocycles. The molecule has 3 rings (SSSR count). The van der Waals surface area contributed by atoms with Gasteiger partial charge in [-0.3, -0.25) is 13.9 Å². The van der Waals surface area contributed by atoms with Gasteiger partial charge in [-0.2, -0.15) is 0 Å². The highest BCUT2D eigenvalue weighted by Crippen LogP contribution is 2.30. The van der Waals surface area contributed by atoms with E-state index in [1.54, 1.807) is 48.5 Å². The lowest BCUT2D eigenvalue weighted by atomic mass is 10.1. The van der Waals surface area contributed by atoms with E-state index >= 15 is 0 Å². The van der Waals surface area contributed by atoms with Crippen molar-refractivity contribution in [3.05, 3.63) is 93.5 Å². The van der Waals surface area contributed by atoms with E-state index in [-0.39, 0.29) is 17.3 Å². The van der Waals surface area contributed by atoms with Crippen molar-refractivity contribution < 1.29 is 18.0 Å². The zero-order valence-corrected chi connectivity index (χ0v) is 25.5. The van der Waals surface area contributed by atoms with Gasteiger partial charge in [0.25, 0.3) is 10.0 Å². The summed E-state index contributed by atoms with van der Waals surface area (Å²) in [6.45, 7) is 7.39. The lowest BCUT2D eigenvalue weighted by Gasteiger charge is -2.34. The molecule has 0 aromatic heterocycles. The lowest BCUT2D eigenvalue weighted by molar-refractivity contribution is -0.140. The number of nitrogens with one attached hydrogen (secondary N) is 1. The quantitative estimate of drug-likeness (QED) is 0.269. The first kappa shape index (κ1) is 31.5. The van der Waals surface area contributed by atoms with E-state index in [0.29, 0.717) is 34.3 Å². The summed E-state index contributed by atoms with van der Waals surface area (Å²) in [5, 5.41) is 3.65. The van der Waals surface area contributed by atoms with Crippen molar-refractivity contribution in [2.75, 3.05) is 17.4 Å². The fourth-order valence-electron chi connectivity index (χ4n) is 4.36. The number of carbonyl (C=O) groups excluding carboxylic acids is 2. The number of amides is 2. The molecule has 2 amide bonds. The van der Waals surface area contributed by atoms with E-state index in [1.807, 2.05) is 33.8 Å². The third-order valence-corrected chi connectivity index (χ3v) is 9.11. The number of benzene rings is 3. The topological polar surface area (TPSA) is 86.8 Å². The van der Waals surface area contributed by atoms with Gasteiger partial charge >= 0.3 is 0 Å². The molecule has 0 bridgehead atoms. The SMILES string of the molecule is CCCNC(=O)[C@H](CC)N(Cc1ccc(Cl)cc1Cl)C(=O)CN(c1cccc(C)c1C)S(=O)(=O)c1ccccc1. The first-order valence-corrected chi connectivity index (χ1v) is 15.4. The Labute approximate surface area is 247 Å². The molecule has 3 aromatic carbocycles. The molecular formula is C30H35Cl2N3O4S. The molecule has 0 fully saturated rings. The van der Waals surface area contributed by atoms with Crippen LogP contribution in [-0.4, -0.2) is 44.3 Å². The van der Waals surface area contributed by atoms with Crippen LogP contribution in [0.4, 0.5) is 5.69 Å². The fraction of sp³-hybridized carbons (Fsp3) is 0.333. The summed E-state index contributed by atoms with van der Waals surface area (Å²) in [4.78, 5) is 28.8. The zero-order chi connectivity index (χ0) is 29.4. The normalized spacial score (nSPS) is 12.1. The van der Waals surface area contributed by atoms with Gasteiger partial charge in [-0.05, 0) is 73.7 Å². The fourth-order valence-corrected chi connectivity index (χ4v) is 6.32. The number of hydrogen-bond acceptors (Lipinski definition) is 4. The van der Waals surface area contributed by atoms with Crippen LogP contribution in [0, 0.1) is 13.8 Å². The van der Waals surface area contributed by atoms with Gasteiger partial charge in [0, 0.05) is 23.1 Å². The van der Waals surface area contributed by atoms with Crippen LogP contribution in [0.3, 0.4) is 0 Å². The van der Waals surface area contributed by atoms with E-state index in [4.69, 9.17) is 23.2 Å². The van der Waals surface area contributed by atoms with E-state index in [9.17, 15) is 18.0 Å². The molecule has 7 nitrogen and oxygen atoms in total. The number of nitrogens with zero attached hydrogens (tertiary/aromatic N) is 2. The second kappa shape index (κ2) is 14.0. The van der Waals surface area contributed by atoms with Crippen molar-refractivity contribution in [2.24, 2.45) is 0 Å². The predicted molar refractivity (Wildman–Crippen MR) is 161 cm³/mol. The number of sulfonamides is 1. The maximum atomic E-state index is 14.1. The molecule has 0 saturated carbocycles. The summed E-state index contributed by atoms with van der Waals surface area (Å²) in [6.07, 6.45) is 1.05. The van der Waals surface area contributed by atoms with E-state index in [1.165, 1.54) is 17.0 Å². The van der Waals surface area contributed by atoms with Gasteiger partial charge in [0.15, 0.2) is 0 Å². The molecule has 0 aliphatic rings. The van der Waals surface area contributed by atoms with E-state index < -0.39 is 28.5 Å². The number of hydrogen-bond donors (Lipinski definition) is 1. The monoisotopic (exact) mass is 603 g/mol. The minimum atomic E-state index is -4.13. The van der Waals surface area contributed by atoms with E-state index in [0.717, 1.165) is 21.9 Å². The van der Waals surface area contributed by atoms with Gasteiger partial charge in [0.1, 0.15) is 12.6 Å². The molecule has 0 aliphatic carbocycles. The summed E-state index contributed by atoms with van der Waals surface area (Å²) in [5.41, 5.74) is 2.60. The average molecular weight is 605 g/mol. The molecule has 0 radical (unpaired) electrons. The van der Waals surface area contributed by atoms with Crippen LogP contribution < -0.4 is 9.62 Å². The second-order valence-corrected chi connectivity index (χ2v) is 12.2. The zero-order valence-electron chi connectivity index (χ0n) is 23.2. The van der Waals surface area contributed by atoms with Crippen molar-refractivity contribution in [1.82, 2.24) is 10.2 Å². The maximum absolute atomic E-state index is 14.1. The van der Waals surface area contributed by atoms with Crippen molar-refractivity contribution >= 4 is 50.7 Å². The Kier molecular flexibility index (Phi) is 11.0. The number of carbonyl (C=O) groups is 2. The standard InChI is InChI=1S/C30H35Cl2N3O4S/c1-5-17-33-30(37)27(6-2)34(19-23-15-16-24(31)18-26(23)32)29(36)20-35(28-14-10-11-21(3)22(28)4)40(38,39)25-12-8-7-9-13-25/h7-16,18,27H,5-6,17,19-20H2,1-4H3,(H,33,37)/t27-/m0/s1. The second-order valence-electron chi connectivity index (χ2n) is 9.52. The van der Waals surface area contributed by atoms with Crippen LogP contribution in [0.25, 0.3) is 0 Å². The Bertz CT molecular complexity index is 1450. The average Bonchev–Trinajstić information content (AvgIpc) is 2.93. The molecule has 1 atom stereocenters. The molecule has 1 N–H and O–H groups in total. The molecule has 40 heavy (non-hydrogen) atoms. The van der Waals surface area contributed by atoms with Crippen LogP contribution in [0.5, 0.6) is 0 Å². The molecule has 0 spiro atoms. The van der Waals surface area contributed by atoms with Crippen LogP contribution >= 0.6 is 23.2 Å². The molecule has 0 heterocycles. The van der Waals surface area contributed by atoms with Gasteiger partial charge in [-0.15, -0.1) is 0 Å². The predicted octanol–water partition coefficient (Wildman–Crippen LogP) is 6.14. The maximum Gasteiger partial charge on any atom is 0.264 e. The van der Waals surface area contributed by atoms with Gasteiger partial charge in [-0.25, -0.2) is 8.42 Å². The van der Waals surface area contributed by atoms with Crippen LogP contribution in [0.2, 0.25) is 10.0 Å². The summed E-state index contributed by atoms with van der Waals surface area (Å²) < 4.78 is 29.0. The summed E-state index contributed by atoms with van der Waals surface area (Å²) in [6, 6.07) is 17.4. The molecule has 214 valence electrons. The highest BCUT2D eigenvalue weighted by molar-refractivity contribution is 7.92. The first-order valence-electron chi connectivity index (χ1n) is 13.2. The lowest BCUT2D eigenvalue weighted by Crippen LogP contribution is -2.52. The molecule has 3 aromatic rings. The minimum absolute atomic E-state index is 0.00108. The van der Waals surface area contributed by atoms with Crippen LogP contribution in [-0.2, 0) is 26.2 Å². The van der Waals surface area contributed by atoms with Gasteiger partial charge < -0.3 is 10.2 Å². The Balaban J connectivity index is 2.10. The molecule has 10 heteroatoms. The minimum Gasteiger partial charge on any atom is -0.354 e. The third kappa shape index (κ3) is 7.36. The number of rotatable bonds is 12. The van der Waals surface area contributed by atoms with Crippen molar-refractivity contribution in [3.8, 4) is 0 Å². The number of aryl methyl sites for hydroxylation is 1. The third-order valence-electron chi connectivity index (χ3n) is 6.75. The Morgan fingerprint density at radius 2 is 1.65 bits per heavy atom. The smallest absolute Gasteiger partial charge is 0.264 e. The van der Waals surface area contributed by atoms with Gasteiger partial charge in [0.2, 0.25) is 11.8 Å². The van der Waals surface area contributed by atoms with Crippen molar-refractivity contribution in [3.63, 3.8) is 0 Å². The summed E-state index contributed by atoms with van der Waals surface area (Å²) in [7, 11) is -4.13. The number of anilines is 1. The van der Waals surface area contributed by atoms with Gasteiger partial charge in [-0.1, -0.05) is 73.4 Å². The van der Waals surface area contributed by atoms with E-state index in [2.05, 4.69) is 5.32 Å². The van der Waals surface area contributed by atoms with Crippen molar-refractivity contribution in [1.29, 1.82) is 0 Å².